The lowest BCUT2D eigenvalue weighted by atomic mass is 10.0. The number of rotatable bonds is 12. The summed E-state index contributed by atoms with van der Waals surface area (Å²) in [7, 11) is -2.73. The van der Waals surface area contributed by atoms with Gasteiger partial charge in [0.25, 0.3) is 10.0 Å². The Morgan fingerprint density at radius 1 is 0.844 bits per heavy atom. The lowest BCUT2D eigenvalue weighted by Gasteiger charge is -2.35. The maximum atomic E-state index is 14.5. The Kier molecular flexibility index (Phi) is 10.9. The van der Waals surface area contributed by atoms with Gasteiger partial charge in [-0.05, 0) is 68.3 Å². The van der Waals surface area contributed by atoms with Gasteiger partial charge in [0.05, 0.1) is 17.7 Å². The van der Waals surface area contributed by atoms with E-state index >= 15 is 0 Å². The third kappa shape index (κ3) is 9.09. The van der Waals surface area contributed by atoms with Crippen molar-refractivity contribution in [3.05, 3.63) is 125 Å². The van der Waals surface area contributed by atoms with Gasteiger partial charge < -0.3 is 15.0 Å². The molecule has 4 aromatic carbocycles. The van der Waals surface area contributed by atoms with Crippen LogP contribution in [0, 0.1) is 0 Å². The summed E-state index contributed by atoms with van der Waals surface area (Å²) < 4.78 is 34.6. The molecule has 0 saturated carbocycles. The highest BCUT2D eigenvalue weighted by Crippen LogP contribution is 2.28. The Bertz CT molecular complexity index is 1690. The molecular weight excluding hydrogens is 610 g/mol. The van der Waals surface area contributed by atoms with E-state index in [-0.39, 0.29) is 29.5 Å². The quantitative estimate of drug-likeness (QED) is 0.201. The number of sulfonamides is 1. The molecule has 0 aliphatic carbocycles. The van der Waals surface area contributed by atoms with Crippen LogP contribution in [0.4, 0.5) is 5.69 Å². The summed E-state index contributed by atoms with van der Waals surface area (Å²) in [6.07, 6.45) is 0.215. The fourth-order valence-electron chi connectivity index (χ4n) is 4.81. The van der Waals surface area contributed by atoms with Gasteiger partial charge in [0.1, 0.15) is 18.3 Å². The number of nitrogens with one attached hydrogen (secondary N) is 1. The second kappa shape index (κ2) is 14.6. The molecule has 10 heteroatoms. The van der Waals surface area contributed by atoms with Gasteiger partial charge in [0, 0.05) is 29.6 Å². The third-order valence-corrected chi connectivity index (χ3v) is 9.03. The topological polar surface area (TPSA) is 96.0 Å². The predicted octanol–water partition coefficient (Wildman–Crippen LogP) is 6.10. The van der Waals surface area contributed by atoms with Crippen LogP contribution in [0.3, 0.4) is 0 Å². The first kappa shape index (κ1) is 33.6. The molecule has 0 saturated heterocycles. The number of halogens is 1. The molecule has 0 aliphatic rings. The minimum atomic E-state index is -4.21. The van der Waals surface area contributed by atoms with Crippen LogP contribution in [0.25, 0.3) is 0 Å². The SMILES string of the molecule is COc1cccc(N(CC(=O)N(Cc2ccc(Cl)cc2)C(Cc2ccccc2)C(=O)NC(C)(C)C)S(=O)(=O)c2ccccc2)c1. The lowest BCUT2D eigenvalue weighted by Crippen LogP contribution is -2.56. The van der Waals surface area contributed by atoms with Gasteiger partial charge in [-0.2, -0.15) is 0 Å². The van der Waals surface area contributed by atoms with E-state index in [1.54, 1.807) is 66.7 Å². The molecular formula is C35H38ClN3O5S. The average Bonchev–Trinajstić information content (AvgIpc) is 3.02. The van der Waals surface area contributed by atoms with Crippen LogP contribution in [0.5, 0.6) is 5.75 Å². The van der Waals surface area contributed by atoms with Crippen LogP contribution in [-0.2, 0) is 32.6 Å². The standard InChI is InChI=1S/C35H38ClN3O5S/c1-35(2,3)37-34(41)32(22-26-12-7-5-8-13-26)38(24-27-18-20-28(36)21-19-27)33(40)25-39(29-14-11-15-30(23-29)44-4)45(42,43)31-16-9-6-10-17-31/h5-21,23,32H,22,24-25H2,1-4H3,(H,37,41). The number of methoxy groups -OCH3 is 1. The number of ether oxygens (including phenoxy) is 1. The van der Waals surface area contributed by atoms with E-state index in [2.05, 4.69) is 5.32 Å². The number of anilines is 1. The predicted molar refractivity (Wildman–Crippen MR) is 178 cm³/mol. The molecule has 4 aromatic rings. The largest absolute Gasteiger partial charge is 0.497 e. The van der Waals surface area contributed by atoms with E-state index in [1.165, 1.54) is 24.1 Å². The van der Waals surface area contributed by atoms with E-state index in [0.29, 0.717) is 10.8 Å². The summed E-state index contributed by atoms with van der Waals surface area (Å²) in [6, 6.07) is 29.9. The lowest BCUT2D eigenvalue weighted by molar-refractivity contribution is -0.140. The molecule has 1 unspecified atom stereocenters. The van der Waals surface area contributed by atoms with Crippen LogP contribution in [0.1, 0.15) is 31.9 Å². The van der Waals surface area contributed by atoms with E-state index in [1.807, 2.05) is 51.1 Å². The van der Waals surface area contributed by atoms with Gasteiger partial charge in [-0.1, -0.05) is 78.3 Å². The number of amides is 2. The van der Waals surface area contributed by atoms with E-state index in [0.717, 1.165) is 15.4 Å². The fraction of sp³-hybridized carbons (Fsp3) is 0.257. The Balaban J connectivity index is 1.82. The first-order chi connectivity index (χ1) is 21.4. The fourth-order valence-corrected chi connectivity index (χ4v) is 6.36. The van der Waals surface area contributed by atoms with Crippen molar-refractivity contribution in [3.63, 3.8) is 0 Å². The monoisotopic (exact) mass is 647 g/mol. The van der Waals surface area contributed by atoms with Crippen LogP contribution in [0.15, 0.2) is 114 Å². The molecule has 0 spiro atoms. The Morgan fingerprint density at radius 2 is 1.47 bits per heavy atom. The molecule has 8 nitrogen and oxygen atoms in total. The maximum absolute atomic E-state index is 14.5. The number of hydrogen-bond acceptors (Lipinski definition) is 5. The van der Waals surface area contributed by atoms with Crippen LogP contribution in [-0.4, -0.2) is 50.4 Å². The Morgan fingerprint density at radius 3 is 2.07 bits per heavy atom. The normalized spacial score (nSPS) is 12.2. The van der Waals surface area contributed by atoms with Gasteiger partial charge in [0.15, 0.2) is 0 Å². The molecule has 1 atom stereocenters. The molecule has 0 aliphatic heterocycles. The molecule has 2 amide bonds. The van der Waals surface area contributed by atoms with Crippen LogP contribution >= 0.6 is 11.6 Å². The third-order valence-electron chi connectivity index (χ3n) is 6.99. The zero-order valence-corrected chi connectivity index (χ0v) is 27.4. The molecule has 0 heterocycles. The molecule has 0 radical (unpaired) electrons. The second-order valence-corrected chi connectivity index (χ2v) is 13.9. The van der Waals surface area contributed by atoms with E-state index in [4.69, 9.17) is 16.3 Å². The molecule has 0 bridgehead atoms. The highest BCUT2D eigenvalue weighted by atomic mass is 35.5. The zero-order valence-electron chi connectivity index (χ0n) is 25.8. The van der Waals surface area contributed by atoms with Crippen molar-refractivity contribution in [2.45, 2.75) is 50.2 Å². The number of benzene rings is 4. The molecule has 0 fully saturated rings. The van der Waals surface area contributed by atoms with Gasteiger partial charge in [-0.25, -0.2) is 8.42 Å². The number of carbonyl (C=O) groups is 2. The summed E-state index contributed by atoms with van der Waals surface area (Å²) in [5.41, 5.74) is 1.25. The van der Waals surface area contributed by atoms with E-state index < -0.39 is 34.1 Å². The van der Waals surface area contributed by atoms with Crippen molar-refractivity contribution >= 4 is 39.1 Å². The van der Waals surface area contributed by atoms with Crippen LogP contribution in [0.2, 0.25) is 5.02 Å². The van der Waals surface area contributed by atoms with Gasteiger partial charge in [-0.15, -0.1) is 0 Å². The highest BCUT2D eigenvalue weighted by Gasteiger charge is 2.35. The first-order valence-corrected chi connectivity index (χ1v) is 16.3. The summed E-state index contributed by atoms with van der Waals surface area (Å²) in [5.74, 6) is -0.484. The number of hydrogen-bond donors (Lipinski definition) is 1. The summed E-state index contributed by atoms with van der Waals surface area (Å²) in [4.78, 5) is 29.9. The minimum Gasteiger partial charge on any atom is -0.497 e. The molecule has 45 heavy (non-hydrogen) atoms. The van der Waals surface area contributed by atoms with Crippen molar-refractivity contribution in [1.82, 2.24) is 10.2 Å². The number of nitrogens with zero attached hydrogens (tertiary/aromatic N) is 2. The van der Waals surface area contributed by atoms with Crippen molar-refractivity contribution in [3.8, 4) is 5.75 Å². The van der Waals surface area contributed by atoms with Crippen LogP contribution < -0.4 is 14.4 Å². The van der Waals surface area contributed by atoms with Gasteiger partial charge in [0.2, 0.25) is 11.8 Å². The van der Waals surface area contributed by atoms with Crippen molar-refractivity contribution in [2.75, 3.05) is 18.0 Å². The number of carbonyl (C=O) groups excluding carboxylic acids is 2. The minimum absolute atomic E-state index is 0.0242. The summed E-state index contributed by atoms with van der Waals surface area (Å²) in [6.45, 7) is 5.08. The van der Waals surface area contributed by atoms with Crippen molar-refractivity contribution in [2.24, 2.45) is 0 Å². The van der Waals surface area contributed by atoms with Gasteiger partial charge >= 0.3 is 0 Å². The first-order valence-electron chi connectivity index (χ1n) is 14.5. The second-order valence-electron chi connectivity index (χ2n) is 11.6. The molecule has 1 N–H and O–H groups in total. The maximum Gasteiger partial charge on any atom is 0.264 e. The molecule has 236 valence electrons. The van der Waals surface area contributed by atoms with Crippen molar-refractivity contribution < 1.29 is 22.7 Å². The van der Waals surface area contributed by atoms with E-state index in [9.17, 15) is 18.0 Å². The Labute approximate surface area is 270 Å². The Hall–Kier alpha value is -4.34. The average molecular weight is 648 g/mol. The zero-order chi connectivity index (χ0) is 32.6. The summed E-state index contributed by atoms with van der Waals surface area (Å²) in [5, 5.41) is 3.55. The van der Waals surface area contributed by atoms with Gasteiger partial charge in [-0.3, -0.25) is 13.9 Å². The summed E-state index contributed by atoms with van der Waals surface area (Å²) >= 11 is 6.15. The van der Waals surface area contributed by atoms with Crippen molar-refractivity contribution in [1.29, 1.82) is 0 Å². The molecule has 0 aromatic heterocycles. The smallest absolute Gasteiger partial charge is 0.264 e. The molecule has 4 rings (SSSR count). The highest BCUT2D eigenvalue weighted by molar-refractivity contribution is 7.92.